The molecule has 37 heavy (non-hydrogen) atoms. The van der Waals surface area contributed by atoms with Crippen LogP contribution in [0.1, 0.15) is 41.3 Å². The maximum atomic E-state index is 13.2. The first-order valence-electron chi connectivity index (χ1n) is 11.3. The van der Waals surface area contributed by atoms with Gasteiger partial charge in [0, 0.05) is 36.4 Å². The molecule has 4 N–H and O–H groups in total. The molecule has 0 unspecified atom stereocenters. The molecule has 13 heteroatoms. The number of pyridine rings is 1. The van der Waals surface area contributed by atoms with Gasteiger partial charge in [-0.25, -0.2) is 19.9 Å². The predicted molar refractivity (Wildman–Crippen MR) is 129 cm³/mol. The van der Waals surface area contributed by atoms with Crippen LogP contribution in [0.15, 0.2) is 47.1 Å². The van der Waals surface area contributed by atoms with Gasteiger partial charge in [-0.1, -0.05) is 0 Å². The summed E-state index contributed by atoms with van der Waals surface area (Å²) in [6.07, 6.45) is -0.814. The van der Waals surface area contributed by atoms with Gasteiger partial charge in [0.1, 0.15) is 17.0 Å². The molecule has 0 fully saturated rings. The van der Waals surface area contributed by atoms with Gasteiger partial charge in [0.25, 0.3) is 5.91 Å². The van der Waals surface area contributed by atoms with Crippen molar-refractivity contribution in [3.8, 4) is 17.2 Å². The first-order chi connectivity index (χ1) is 17.7. The van der Waals surface area contributed by atoms with Gasteiger partial charge in [0.05, 0.1) is 13.2 Å². The summed E-state index contributed by atoms with van der Waals surface area (Å²) in [6.45, 7) is 2.49. The fraction of sp³-hybridized carbons (Fsp3) is 0.292. The third-order valence-corrected chi connectivity index (χ3v) is 5.33. The van der Waals surface area contributed by atoms with E-state index in [4.69, 9.17) is 14.9 Å². The van der Waals surface area contributed by atoms with Crippen LogP contribution in [0.25, 0.3) is 22.4 Å². The minimum absolute atomic E-state index is 0.00630. The number of carbonyl (C=O) groups excluding carboxylic acids is 1. The van der Waals surface area contributed by atoms with Crippen molar-refractivity contribution in [1.82, 2.24) is 25.3 Å². The number of aromatic nitrogens is 4. The van der Waals surface area contributed by atoms with Gasteiger partial charge >= 0.3 is 6.18 Å². The van der Waals surface area contributed by atoms with Gasteiger partial charge in [0.2, 0.25) is 11.8 Å². The quantitative estimate of drug-likeness (QED) is 0.282. The molecule has 3 heterocycles. The molecule has 0 aliphatic heterocycles. The van der Waals surface area contributed by atoms with E-state index in [0.29, 0.717) is 36.4 Å². The number of carbonyl (C=O) groups is 1. The number of ether oxygens (including phenoxy) is 1. The number of hydrogen-bond acceptors (Lipinski definition) is 9. The lowest BCUT2D eigenvalue weighted by atomic mass is 10.1. The molecule has 0 bridgehead atoms. The number of nitrogens with zero attached hydrogens (tertiary/aromatic N) is 4. The molecule has 1 aromatic carbocycles. The zero-order chi connectivity index (χ0) is 26.6. The second kappa shape index (κ2) is 10.8. The number of halogens is 3. The summed E-state index contributed by atoms with van der Waals surface area (Å²) in [4.78, 5) is 29.1. The molecule has 4 rings (SSSR count). The standard InChI is InChI=1S/C24H24F3N7O3/c1-13(28)20-19(21(35)29-9-3-10-30-23-31-11-4-12-32-23)34-22(37-20)15-5-7-16(36-2)18-14(15)6-8-17(33-18)24(25,26)27/h4-8,11-13H,3,9-10,28H2,1-2H3,(H,29,35)(H,30,31,32)/t13-/m0/s1. The highest BCUT2D eigenvalue weighted by molar-refractivity contribution is 5.98. The SMILES string of the molecule is COc1ccc(-c2nc(C(=O)NCCCNc3ncccn3)c([C@H](C)N)o2)c2ccc(C(F)(F)F)nc12. The van der Waals surface area contributed by atoms with Crippen molar-refractivity contribution in [3.63, 3.8) is 0 Å². The number of alkyl halides is 3. The molecule has 4 aromatic rings. The highest BCUT2D eigenvalue weighted by atomic mass is 19.4. The van der Waals surface area contributed by atoms with Gasteiger partial charge in [-0.15, -0.1) is 0 Å². The second-order valence-corrected chi connectivity index (χ2v) is 8.03. The number of amides is 1. The zero-order valence-corrected chi connectivity index (χ0v) is 20.0. The van der Waals surface area contributed by atoms with Crippen LogP contribution < -0.4 is 21.1 Å². The van der Waals surface area contributed by atoms with Crippen LogP contribution in [0.4, 0.5) is 19.1 Å². The van der Waals surface area contributed by atoms with Crippen LogP contribution in [0, 0.1) is 0 Å². The normalized spacial score (nSPS) is 12.4. The smallest absolute Gasteiger partial charge is 0.433 e. The van der Waals surface area contributed by atoms with Crippen molar-refractivity contribution in [3.05, 3.63) is 59.9 Å². The first kappa shape index (κ1) is 25.8. The van der Waals surface area contributed by atoms with E-state index in [9.17, 15) is 18.0 Å². The van der Waals surface area contributed by atoms with Gasteiger partial charge in [-0.05, 0) is 43.7 Å². The van der Waals surface area contributed by atoms with Crippen LogP contribution in [0.2, 0.25) is 0 Å². The molecular weight excluding hydrogens is 491 g/mol. The van der Waals surface area contributed by atoms with Crippen molar-refractivity contribution < 1.29 is 27.1 Å². The third-order valence-electron chi connectivity index (χ3n) is 5.33. The maximum Gasteiger partial charge on any atom is 0.433 e. The summed E-state index contributed by atoms with van der Waals surface area (Å²) in [5.74, 6) is 0.310. The number of rotatable bonds is 9. The van der Waals surface area contributed by atoms with Crippen molar-refractivity contribution in [2.45, 2.75) is 25.6 Å². The number of fused-ring (bicyclic) bond motifs is 1. The van der Waals surface area contributed by atoms with E-state index >= 15 is 0 Å². The van der Waals surface area contributed by atoms with Crippen molar-refractivity contribution in [2.75, 3.05) is 25.5 Å². The summed E-state index contributed by atoms with van der Waals surface area (Å²) >= 11 is 0. The molecule has 0 aliphatic carbocycles. The number of nitrogens with one attached hydrogen (secondary N) is 2. The molecule has 3 aromatic heterocycles. The minimum atomic E-state index is -4.63. The van der Waals surface area contributed by atoms with Crippen LogP contribution in [-0.2, 0) is 6.18 Å². The van der Waals surface area contributed by atoms with Gasteiger partial charge in [-0.2, -0.15) is 13.2 Å². The Kier molecular flexibility index (Phi) is 7.53. The van der Waals surface area contributed by atoms with E-state index in [1.165, 1.54) is 19.2 Å². The Bertz CT molecular complexity index is 1390. The lowest BCUT2D eigenvalue weighted by Gasteiger charge is -2.11. The van der Waals surface area contributed by atoms with E-state index in [1.807, 2.05) is 0 Å². The zero-order valence-electron chi connectivity index (χ0n) is 20.0. The van der Waals surface area contributed by atoms with Crippen molar-refractivity contribution in [1.29, 1.82) is 0 Å². The number of oxazole rings is 1. The molecule has 0 radical (unpaired) electrons. The Morgan fingerprint density at radius 1 is 1.14 bits per heavy atom. The third kappa shape index (κ3) is 5.77. The summed E-state index contributed by atoms with van der Waals surface area (Å²) < 4.78 is 50.8. The second-order valence-electron chi connectivity index (χ2n) is 8.03. The highest BCUT2D eigenvalue weighted by Crippen LogP contribution is 2.37. The van der Waals surface area contributed by atoms with E-state index in [1.54, 1.807) is 31.5 Å². The predicted octanol–water partition coefficient (Wildman–Crippen LogP) is 3.96. The van der Waals surface area contributed by atoms with Crippen LogP contribution in [0.5, 0.6) is 5.75 Å². The lowest BCUT2D eigenvalue weighted by molar-refractivity contribution is -0.140. The Morgan fingerprint density at radius 2 is 1.89 bits per heavy atom. The van der Waals surface area contributed by atoms with Crippen LogP contribution in [-0.4, -0.2) is 46.0 Å². The van der Waals surface area contributed by atoms with E-state index in [0.717, 1.165) is 6.07 Å². The van der Waals surface area contributed by atoms with Crippen molar-refractivity contribution in [2.24, 2.45) is 5.73 Å². The van der Waals surface area contributed by atoms with E-state index in [-0.39, 0.29) is 28.6 Å². The fourth-order valence-corrected chi connectivity index (χ4v) is 3.58. The Morgan fingerprint density at radius 3 is 2.57 bits per heavy atom. The van der Waals surface area contributed by atoms with Crippen LogP contribution in [0.3, 0.4) is 0 Å². The molecule has 194 valence electrons. The molecule has 0 aliphatic rings. The Hall–Kier alpha value is -4.26. The molecular formula is C24H24F3N7O3. The monoisotopic (exact) mass is 515 g/mol. The van der Waals surface area contributed by atoms with E-state index in [2.05, 4.69) is 30.6 Å². The molecule has 0 spiro atoms. The summed E-state index contributed by atoms with van der Waals surface area (Å²) in [6, 6.07) is 6.21. The van der Waals surface area contributed by atoms with Gasteiger partial charge in [0.15, 0.2) is 11.5 Å². The Balaban J connectivity index is 1.57. The summed E-state index contributed by atoms with van der Waals surface area (Å²) in [7, 11) is 1.33. The average Bonchev–Trinajstić information content (AvgIpc) is 3.33. The molecule has 1 atom stereocenters. The topological polar surface area (TPSA) is 141 Å². The number of hydrogen-bond donors (Lipinski definition) is 3. The molecule has 0 saturated carbocycles. The molecule has 1 amide bonds. The maximum absolute atomic E-state index is 13.2. The number of benzene rings is 1. The van der Waals surface area contributed by atoms with Crippen LogP contribution >= 0.6 is 0 Å². The van der Waals surface area contributed by atoms with Gasteiger partial charge < -0.3 is 25.5 Å². The summed E-state index contributed by atoms with van der Waals surface area (Å²) in [5, 5.41) is 6.12. The van der Waals surface area contributed by atoms with Gasteiger partial charge in [-0.3, -0.25) is 4.79 Å². The first-order valence-corrected chi connectivity index (χ1v) is 11.3. The largest absolute Gasteiger partial charge is 0.494 e. The fourth-order valence-electron chi connectivity index (χ4n) is 3.58. The lowest BCUT2D eigenvalue weighted by Crippen LogP contribution is -2.27. The molecule has 0 saturated heterocycles. The molecule has 10 nitrogen and oxygen atoms in total. The Labute approximate surface area is 209 Å². The van der Waals surface area contributed by atoms with Crippen molar-refractivity contribution >= 4 is 22.8 Å². The number of nitrogens with two attached hydrogens (primary N) is 1. The minimum Gasteiger partial charge on any atom is -0.494 e. The highest BCUT2D eigenvalue weighted by Gasteiger charge is 2.33. The number of methoxy groups -OCH3 is 1. The van der Waals surface area contributed by atoms with E-state index < -0.39 is 23.8 Å². The summed E-state index contributed by atoms with van der Waals surface area (Å²) in [5.41, 5.74) is 5.27. The average molecular weight is 515 g/mol. The number of anilines is 1.